The summed E-state index contributed by atoms with van der Waals surface area (Å²) < 4.78 is 10.7. The van der Waals surface area contributed by atoms with Crippen molar-refractivity contribution in [3.8, 4) is 0 Å². The first-order valence-corrected chi connectivity index (χ1v) is 6.70. The molecule has 0 aromatic heterocycles. The van der Waals surface area contributed by atoms with Crippen molar-refractivity contribution < 1.29 is 19.1 Å². The van der Waals surface area contributed by atoms with E-state index in [1.807, 2.05) is 0 Å². The largest absolute Gasteiger partial charge is 0.417 e. The molecule has 0 heterocycles. The molecule has 0 radical (unpaired) electrons. The molecule has 2 aromatic carbocycles. The predicted molar refractivity (Wildman–Crippen MR) is 82.2 cm³/mol. The number of ketones is 1. The summed E-state index contributed by atoms with van der Waals surface area (Å²) in [5.41, 5.74) is 0.812. The van der Waals surface area contributed by atoms with Gasteiger partial charge in [-0.2, -0.15) is 0 Å². The van der Waals surface area contributed by atoms with Gasteiger partial charge in [0.05, 0.1) is 0 Å². The predicted octanol–water partition coefficient (Wildman–Crippen LogP) is 3.10. The molecule has 0 amide bonds. The molecule has 4 heteroatoms. The molecular formula is C18H16O4. The number of hydrogen-bond donors (Lipinski definition) is 0. The van der Waals surface area contributed by atoms with Crippen LogP contribution in [-0.2, 0) is 20.1 Å². The lowest BCUT2D eigenvalue weighted by Crippen LogP contribution is -2.42. The molecule has 2 aromatic rings. The van der Waals surface area contributed by atoms with Crippen LogP contribution < -0.4 is 0 Å². The van der Waals surface area contributed by atoms with E-state index in [4.69, 9.17) is 9.47 Å². The molecule has 0 spiro atoms. The smallest absolute Gasteiger partial charge is 0.333 e. The van der Waals surface area contributed by atoms with Crippen molar-refractivity contribution in [1.82, 2.24) is 0 Å². The fraction of sp³-hybridized carbons (Fsp3) is 0.111. The summed E-state index contributed by atoms with van der Waals surface area (Å²) in [6.45, 7) is 3.36. The Hall–Kier alpha value is -2.72. The Morgan fingerprint density at radius 2 is 1.55 bits per heavy atom. The Labute approximate surface area is 129 Å². The van der Waals surface area contributed by atoms with Crippen molar-refractivity contribution in [2.45, 2.75) is 5.79 Å². The summed E-state index contributed by atoms with van der Waals surface area (Å²) in [5, 5.41) is 0. The van der Waals surface area contributed by atoms with Crippen LogP contribution in [0, 0.1) is 0 Å². The second-order valence-corrected chi connectivity index (χ2v) is 4.51. The molecule has 1 unspecified atom stereocenters. The van der Waals surface area contributed by atoms with Crippen LogP contribution in [0.15, 0.2) is 73.3 Å². The third kappa shape index (κ3) is 2.97. The Morgan fingerprint density at radius 3 is 2.05 bits per heavy atom. The average Bonchev–Trinajstić information content (AvgIpc) is 2.60. The molecule has 0 saturated heterocycles. The van der Waals surface area contributed by atoms with Crippen LogP contribution in [0.5, 0.6) is 0 Å². The molecule has 0 aliphatic heterocycles. The minimum atomic E-state index is -1.84. The van der Waals surface area contributed by atoms with Crippen LogP contribution in [-0.4, -0.2) is 18.9 Å². The highest BCUT2D eigenvalue weighted by atomic mass is 16.7. The Bertz CT molecular complexity index is 664. The molecule has 0 N–H and O–H groups in total. The monoisotopic (exact) mass is 296 g/mol. The van der Waals surface area contributed by atoms with E-state index in [-0.39, 0.29) is 0 Å². The Kier molecular flexibility index (Phi) is 4.86. The minimum Gasteiger partial charge on any atom is -0.417 e. The fourth-order valence-electron chi connectivity index (χ4n) is 2.11. The van der Waals surface area contributed by atoms with Crippen molar-refractivity contribution in [2.75, 3.05) is 7.11 Å². The summed E-state index contributed by atoms with van der Waals surface area (Å²) >= 11 is 0. The average molecular weight is 296 g/mol. The SMILES string of the molecule is C=CC(=O)OC(OC)(C(=O)c1ccccc1)c1ccccc1. The van der Waals surface area contributed by atoms with Gasteiger partial charge >= 0.3 is 11.8 Å². The van der Waals surface area contributed by atoms with Gasteiger partial charge in [0.1, 0.15) is 0 Å². The zero-order valence-corrected chi connectivity index (χ0v) is 12.2. The van der Waals surface area contributed by atoms with E-state index in [9.17, 15) is 9.59 Å². The number of carbonyl (C=O) groups excluding carboxylic acids is 2. The lowest BCUT2D eigenvalue weighted by molar-refractivity contribution is -0.199. The van der Waals surface area contributed by atoms with Gasteiger partial charge in [0.25, 0.3) is 0 Å². The summed E-state index contributed by atoms with van der Waals surface area (Å²) in [4.78, 5) is 24.6. The maximum atomic E-state index is 12.9. The van der Waals surface area contributed by atoms with E-state index in [1.165, 1.54) is 7.11 Å². The van der Waals surface area contributed by atoms with Crippen molar-refractivity contribution in [3.63, 3.8) is 0 Å². The molecule has 0 fully saturated rings. The summed E-state index contributed by atoms with van der Waals surface area (Å²) in [5.74, 6) is -3.04. The molecular weight excluding hydrogens is 280 g/mol. The van der Waals surface area contributed by atoms with Gasteiger partial charge in [-0.25, -0.2) is 4.79 Å². The molecule has 22 heavy (non-hydrogen) atoms. The Morgan fingerprint density at radius 1 is 1.00 bits per heavy atom. The number of carbonyl (C=O) groups is 2. The maximum Gasteiger partial charge on any atom is 0.333 e. The molecule has 0 saturated carbocycles. The van der Waals surface area contributed by atoms with Gasteiger partial charge < -0.3 is 9.47 Å². The van der Waals surface area contributed by atoms with Crippen LogP contribution in [0.2, 0.25) is 0 Å². The van der Waals surface area contributed by atoms with Gasteiger partial charge in [-0.3, -0.25) is 4.79 Å². The number of benzene rings is 2. The van der Waals surface area contributed by atoms with Gasteiger partial charge in [0, 0.05) is 24.3 Å². The molecule has 1 atom stereocenters. The highest BCUT2D eigenvalue weighted by molar-refractivity contribution is 6.03. The third-order valence-corrected chi connectivity index (χ3v) is 3.19. The van der Waals surface area contributed by atoms with E-state index in [2.05, 4.69) is 6.58 Å². The van der Waals surface area contributed by atoms with Crippen molar-refractivity contribution >= 4 is 11.8 Å². The fourth-order valence-corrected chi connectivity index (χ4v) is 2.11. The normalized spacial score (nSPS) is 13.0. The number of rotatable bonds is 6. The standard InChI is InChI=1S/C18H16O4/c1-3-16(19)22-18(21-2,15-12-8-5-9-13-15)17(20)14-10-6-4-7-11-14/h3-13H,1H2,2H3. The van der Waals surface area contributed by atoms with Crippen LogP contribution >= 0.6 is 0 Å². The van der Waals surface area contributed by atoms with E-state index in [0.29, 0.717) is 11.1 Å². The zero-order valence-electron chi connectivity index (χ0n) is 12.2. The summed E-state index contributed by atoms with van der Waals surface area (Å²) in [7, 11) is 1.32. The number of ether oxygens (including phenoxy) is 2. The van der Waals surface area contributed by atoms with E-state index >= 15 is 0 Å². The number of hydrogen-bond acceptors (Lipinski definition) is 4. The lowest BCUT2D eigenvalue weighted by atomic mass is 9.95. The number of Topliss-reactive ketones (excluding diaryl/α,β-unsaturated/α-hetero) is 1. The van der Waals surface area contributed by atoms with E-state index < -0.39 is 17.5 Å². The van der Waals surface area contributed by atoms with Gasteiger partial charge in [-0.05, 0) is 0 Å². The lowest BCUT2D eigenvalue weighted by Gasteiger charge is -2.30. The summed E-state index contributed by atoms with van der Waals surface area (Å²) in [6, 6.07) is 17.1. The first kappa shape index (κ1) is 15.7. The van der Waals surface area contributed by atoms with Gasteiger partial charge in [-0.1, -0.05) is 67.2 Å². The van der Waals surface area contributed by atoms with Crippen molar-refractivity contribution in [3.05, 3.63) is 84.4 Å². The van der Waals surface area contributed by atoms with Gasteiger partial charge in [-0.15, -0.1) is 0 Å². The quantitative estimate of drug-likeness (QED) is 0.356. The zero-order chi connectivity index (χ0) is 16.0. The summed E-state index contributed by atoms with van der Waals surface area (Å²) in [6.07, 6.45) is 0.995. The molecule has 2 rings (SSSR count). The van der Waals surface area contributed by atoms with Crippen LogP contribution in [0.1, 0.15) is 15.9 Å². The molecule has 0 bridgehead atoms. The highest BCUT2D eigenvalue weighted by Crippen LogP contribution is 2.31. The van der Waals surface area contributed by atoms with E-state index in [1.54, 1.807) is 60.7 Å². The minimum absolute atomic E-state index is 0.380. The van der Waals surface area contributed by atoms with Crippen LogP contribution in [0.25, 0.3) is 0 Å². The molecule has 4 nitrogen and oxygen atoms in total. The van der Waals surface area contributed by atoms with Crippen molar-refractivity contribution in [2.24, 2.45) is 0 Å². The second kappa shape index (κ2) is 6.83. The second-order valence-electron chi connectivity index (χ2n) is 4.51. The van der Waals surface area contributed by atoms with Crippen molar-refractivity contribution in [1.29, 1.82) is 0 Å². The van der Waals surface area contributed by atoms with E-state index in [0.717, 1.165) is 6.08 Å². The molecule has 112 valence electrons. The number of esters is 1. The Balaban J connectivity index is 2.56. The number of methoxy groups -OCH3 is 1. The third-order valence-electron chi connectivity index (χ3n) is 3.19. The molecule has 0 aliphatic rings. The first-order valence-electron chi connectivity index (χ1n) is 6.70. The van der Waals surface area contributed by atoms with Crippen LogP contribution in [0.4, 0.5) is 0 Å². The molecule has 0 aliphatic carbocycles. The topological polar surface area (TPSA) is 52.6 Å². The van der Waals surface area contributed by atoms with Gasteiger partial charge in [0.15, 0.2) is 0 Å². The van der Waals surface area contributed by atoms with Crippen LogP contribution in [0.3, 0.4) is 0 Å². The van der Waals surface area contributed by atoms with Gasteiger partial charge in [0.2, 0.25) is 5.78 Å². The first-order chi connectivity index (χ1) is 10.6. The highest BCUT2D eigenvalue weighted by Gasteiger charge is 2.45. The maximum absolute atomic E-state index is 12.9.